The Morgan fingerprint density at radius 1 is 0.922 bits per heavy atom. The summed E-state index contributed by atoms with van der Waals surface area (Å²) in [6.45, 7) is 5.05. The number of aliphatic hydroxyl groups is 2. The zero-order valence-corrected chi connectivity index (χ0v) is 32.3. The molecule has 0 radical (unpaired) electrons. The fraction of sp³-hybridized carbons (Fsp3) is 0.721. The molecule has 3 rings (SSSR count). The second-order valence-electron chi connectivity index (χ2n) is 14.8. The number of ether oxygens (including phenoxy) is 3. The van der Waals surface area contributed by atoms with Crippen molar-refractivity contribution in [3.8, 4) is 5.75 Å². The predicted molar refractivity (Wildman–Crippen MR) is 206 cm³/mol. The van der Waals surface area contributed by atoms with E-state index < -0.39 is 12.1 Å². The molecule has 1 aromatic carbocycles. The Kier molecular flexibility index (Phi) is 20.9. The Morgan fingerprint density at radius 2 is 1.63 bits per heavy atom. The zero-order valence-electron chi connectivity index (χ0n) is 31.6. The average Bonchev–Trinajstić information content (AvgIpc) is 3.37. The highest BCUT2D eigenvalue weighted by Crippen LogP contribution is 2.48. The smallest absolute Gasteiger partial charge is 0.338 e. The first-order valence-corrected chi connectivity index (χ1v) is 20.6. The van der Waals surface area contributed by atoms with Crippen molar-refractivity contribution in [2.75, 3.05) is 19.8 Å². The molecule has 7 nitrogen and oxygen atoms in total. The van der Waals surface area contributed by atoms with Crippen LogP contribution in [0.25, 0.3) is 0 Å². The van der Waals surface area contributed by atoms with Gasteiger partial charge in [0.25, 0.3) is 0 Å². The van der Waals surface area contributed by atoms with Crippen molar-refractivity contribution in [1.29, 1.82) is 0 Å². The lowest BCUT2D eigenvalue weighted by atomic mass is 9.63. The minimum atomic E-state index is -0.472. The zero-order chi connectivity index (χ0) is 36.7. The third kappa shape index (κ3) is 15.7. The van der Waals surface area contributed by atoms with Crippen molar-refractivity contribution in [3.05, 3.63) is 54.1 Å². The van der Waals surface area contributed by atoms with Crippen molar-refractivity contribution >= 4 is 23.5 Å². The number of benzene rings is 1. The molecule has 0 heterocycles. The standard InChI is InChI=1S/C43H67ClO7/c1-3-5-6-7-8-9-10-11-14-17-29-49-35-22-18-21-34(32-35)42(48)51-31-30-50-41(47)26-16-13-12-15-23-36-37(39(45)33-38(36)44)24-19-25-40(46)43(4-2)27-20-28-43/h12,15,18-19,21-22,24,32,36-40,45-46H,3-11,13-14,16-17,20,23,25-31,33H2,1-2H3/b15-12-,24-19+/t36-,37-,38-,39-,40+/m1/s1. The maximum absolute atomic E-state index is 12.5. The number of halogens is 1. The SMILES string of the molecule is CCCCCCCCCCCCOc1cccc(C(=O)OCCOC(=O)CCC/C=C\C[C@@H]2[C@@H](/C=C/C[C@H](O)C3(CC)CCC3)[C@H](O)C[C@H]2Cl)c1. The summed E-state index contributed by atoms with van der Waals surface area (Å²) in [5.74, 6) is -0.0268. The summed E-state index contributed by atoms with van der Waals surface area (Å²) in [6.07, 6.45) is 28.2. The van der Waals surface area contributed by atoms with Gasteiger partial charge in [-0.05, 0) is 87.3 Å². The number of esters is 2. The molecule has 0 bridgehead atoms. The second kappa shape index (κ2) is 24.8. The Morgan fingerprint density at radius 3 is 2.31 bits per heavy atom. The molecule has 0 aromatic heterocycles. The van der Waals surface area contributed by atoms with Gasteiger partial charge in [0.2, 0.25) is 0 Å². The first-order valence-electron chi connectivity index (χ1n) is 20.2. The summed E-state index contributed by atoms with van der Waals surface area (Å²) in [7, 11) is 0. The predicted octanol–water partition coefficient (Wildman–Crippen LogP) is 10.3. The molecule has 2 fully saturated rings. The van der Waals surface area contributed by atoms with Crippen LogP contribution in [0.2, 0.25) is 0 Å². The van der Waals surface area contributed by atoms with Crippen molar-refractivity contribution < 1.29 is 34.0 Å². The second-order valence-corrected chi connectivity index (χ2v) is 15.4. The Bertz CT molecular complexity index is 1170. The van der Waals surface area contributed by atoms with Crippen LogP contribution in [0.15, 0.2) is 48.6 Å². The lowest BCUT2D eigenvalue weighted by Crippen LogP contribution is -2.40. The van der Waals surface area contributed by atoms with Crippen LogP contribution in [0.1, 0.15) is 153 Å². The van der Waals surface area contributed by atoms with Gasteiger partial charge in [0, 0.05) is 17.7 Å². The van der Waals surface area contributed by atoms with Crippen LogP contribution in [-0.4, -0.2) is 59.6 Å². The van der Waals surface area contributed by atoms with E-state index in [1.54, 1.807) is 18.2 Å². The van der Waals surface area contributed by atoms with Gasteiger partial charge in [-0.2, -0.15) is 0 Å². The third-order valence-corrected chi connectivity index (χ3v) is 11.6. The number of carbonyl (C=O) groups is 2. The van der Waals surface area contributed by atoms with E-state index in [-0.39, 0.29) is 54.3 Å². The van der Waals surface area contributed by atoms with E-state index in [9.17, 15) is 19.8 Å². The van der Waals surface area contributed by atoms with Gasteiger partial charge in [-0.25, -0.2) is 4.79 Å². The monoisotopic (exact) mass is 730 g/mol. The fourth-order valence-electron chi connectivity index (χ4n) is 7.51. The molecule has 8 heteroatoms. The quantitative estimate of drug-likeness (QED) is 0.0402. The molecule has 2 aliphatic carbocycles. The van der Waals surface area contributed by atoms with E-state index in [0.29, 0.717) is 37.2 Å². The molecule has 288 valence electrons. The Hall–Kier alpha value is -2.35. The summed E-state index contributed by atoms with van der Waals surface area (Å²) in [6, 6.07) is 7.01. The molecule has 0 saturated heterocycles. The van der Waals surface area contributed by atoms with Gasteiger partial charge in [0.15, 0.2) is 0 Å². The first kappa shape index (κ1) is 43.1. The summed E-state index contributed by atoms with van der Waals surface area (Å²) >= 11 is 6.62. The van der Waals surface area contributed by atoms with Crippen LogP contribution >= 0.6 is 11.6 Å². The van der Waals surface area contributed by atoms with E-state index in [0.717, 1.165) is 44.9 Å². The number of unbranched alkanes of at least 4 members (excludes halogenated alkanes) is 10. The minimum Gasteiger partial charge on any atom is -0.494 e. The normalized spacial score (nSPS) is 21.9. The van der Waals surface area contributed by atoms with Gasteiger partial charge in [0.1, 0.15) is 19.0 Å². The number of rotatable bonds is 27. The number of aliphatic hydroxyl groups excluding tert-OH is 2. The number of hydrogen-bond acceptors (Lipinski definition) is 7. The fourth-order valence-corrected chi connectivity index (χ4v) is 7.96. The van der Waals surface area contributed by atoms with Crippen LogP contribution in [0.4, 0.5) is 0 Å². The van der Waals surface area contributed by atoms with Gasteiger partial charge in [-0.3, -0.25) is 4.79 Å². The molecule has 51 heavy (non-hydrogen) atoms. The molecule has 2 N–H and O–H groups in total. The van der Waals surface area contributed by atoms with Crippen molar-refractivity contribution in [1.82, 2.24) is 0 Å². The molecule has 0 unspecified atom stereocenters. The molecule has 1 aromatic rings. The van der Waals surface area contributed by atoms with Crippen LogP contribution < -0.4 is 4.74 Å². The molecule has 5 atom stereocenters. The highest BCUT2D eigenvalue weighted by atomic mass is 35.5. The highest BCUT2D eigenvalue weighted by Gasteiger charge is 2.42. The number of alkyl halides is 1. The molecule has 0 aliphatic heterocycles. The number of carbonyl (C=O) groups excluding carboxylic acids is 2. The van der Waals surface area contributed by atoms with E-state index in [2.05, 4.69) is 32.1 Å². The van der Waals surface area contributed by atoms with Crippen molar-refractivity contribution in [3.63, 3.8) is 0 Å². The molecule has 0 spiro atoms. The van der Waals surface area contributed by atoms with Crippen LogP contribution in [0, 0.1) is 17.3 Å². The summed E-state index contributed by atoms with van der Waals surface area (Å²) in [5, 5.41) is 21.3. The van der Waals surface area contributed by atoms with E-state index >= 15 is 0 Å². The van der Waals surface area contributed by atoms with Crippen molar-refractivity contribution in [2.45, 2.75) is 160 Å². The number of allylic oxidation sites excluding steroid dienone is 2. The molecular weight excluding hydrogens is 664 g/mol. The molecule has 2 aliphatic rings. The highest BCUT2D eigenvalue weighted by molar-refractivity contribution is 6.21. The van der Waals surface area contributed by atoms with Crippen LogP contribution in [0.3, 0.4) is 0 Å². The molecular formula is C43H67ClO7. The van der Waals surface area contributed by atoms with Gasteiger partial charge in [0.05, 0.1) is 24.4 Å². The number of hydrogen-bond donors (Lipinski definition) is 2. The van der Waals surface area contributed by atoms with Crippen molar-refractivity contribution in [2.24, 2.45) is 17.3 Å². The van der Waals surface area contributed by atoms with E-state index in [1.165, 1.54) is 57.8 Å². The minimum absolute atomic E-state index is 0.00491. The average molecular weight is 731 g/mol. The van der Waals surface area contributed by atoms with Gasteiger partial charge in [-0.15, -0.1) is 11.6 Å². The third-order valence-electron chi connectivity index (χ3n) is 11.1. The lowest BCUT2D eigenvalue weighted by Gasteiger charge is -2.45. The van der Waals surface area contributed by atoms with Gasteiger partial charge < -0.3 is 24.4 Å². The maximum Gasteiger partial charge on any atom is 0.338 e. The summed E-state index contributed by atoms with van der Waals surface area (Å²) in [4.78, 5) is 24.7. The largest absolute Gasteiger partial charge is 0.494 e. The topological polar surface area (TPSA) is 102 Å². The molecule has 2 saturated carbocycles. The Balaban J connectivity index is 1.22. The summed E-state index contributed by atoms with van der Waals surface area (Å²) < 4.78 is 16.4. The lowest BCUT2D eigenvalue weighted by molar-refractivity contribution is -0.144. The maximum atomic E-state index is 12.5. The van der Waals surface area contributed by atoms with Gasteiger partial charge >= 0.3 is 11.9 Å². The summed E-state index contributed by atoms with van der Waals surface area (Å²) in [5.41, 5.74) is 0.486. The molecule has 0 amide bonds. The van der Waals surface area contributed by atoms with Gasteiger partial charge in [-0.1, -0.05) is 108 Å². The van der Waals surface area contributed by atoms with E-state index in [4.69, 9.17) is 25.8 Å². The Labute approximate surface area is 313 Å². The van der Waals surface area contributed by atoms with Crippen LogP contribution in [0.5, 0.6) is 5.75 Å². The van der Waals surface area contributed by atoms with E-state index in [1.807, 2.05) is 12.1 Å². The first-order chi connectivity index (χ1) is 24.8. The van der Waals surface area contributed by atoms with Crippen LogP contribution in [-0.2, 0) is 14.3 Å².